The summed E-state index contributed by atoms with van der Waals surface area (Å²) in [4.78, 5) is 25.2. The molecule has 0 aliphatic rings. The van der Waals surface area contributed by atoms with Crippen LogP contribution in [0.4, 0.5) is 5.69 Å². The van der Waals surface area contributed by atoms with Crippen molar-refractivity contribution >= 4 is 27.3 Å². The number of nitrogens with two attached hydrogens (primary N) is 1. The summed E-state index contributed by atoms with van der Waals surface area (Å²) in [6.45, 7) is 8.21. The van der Waals surface area contributed by atoms with Gasteiger partial charge in [-0.1, -0.05) is 59.1 Å². The van der Waals surface area contributed by atoms with E-state index in [1.54, 1.807) is 24.3 Å². The van der Waals surface area contributed by atoms with Gasteiger partial charge < -0.3 is 15.8 Å². The van der Waals surface area contributed by atoms with Crippen LogP contribution in [0.15, 0.2) is 41.3 Å². The summed E-state index contributed by atoms with van der Waals surface area (Å²) < 4.78 is 29.5. The molecule has 0 fully saturated rings. The highest BCUT2D eigenvalue weighted by atomic mass is 32.2. The van der Waals surface area contributed by atoms with E-state index in [0.717, 1.165) is 43.1 Å². The van der Waals surface area contributed by atoms with Gasteiger partial charge in [-0.15, -0.1) is 0 Å². The summed E-state index contributed by atoms with van der Waals surface area (Å²) in [6.07, 6.45) is 5.08. The lowest BCUT2D eigenvalue weighted by Crippen LogP contribution is -2.22. The van der Waals surface area contributed by atoms with Crippen LogP contribution < -0.4 is 15.8 Å². The number of benzene rings is 2. The van der Waals surface area contributed by atoms with E-state index in [0.29, 0.717) is 17.0 Å². The number of anilines is 1. The lowest BCUT2D eigenvalue weighted by atomic mass is 9.84. The second-order valence-corrected chi connectivity index (χ2v) is 12.0. The zero-order valence-electron chi connectivity index (χ0n) is 21.6. The fourth-order valence-corrected chi connectivity index (χ4v) is 4.78. The van der Waals surface area contributed by atoms with Crippen LogP contribution in [0, 0.1) is 0 Å². The van der Waals surface area contributed by atoms with Crippen molar-refractivity contribution in [2.75, 3.05) is 18.7 Å². The van der Waals surface area contributed by atoms with Crippen LogP contribution in [-0.2, 0) is 20.0 Å². The highest BCUT2D eigenvalue weighted by Crippen LogP contribution is 2.36. The van der Waals surface area contributed by atoms with E-state index in [9.17, 15) is 18.0 Å². The summed E-state index contributed by atoms with van der Waals surface area (Å²) in [5, 5.41) is 2.99. The number of hydrogen-bond donors (Lipinski definition) is 2. The molecular weight excluding hydrogens is 464 g/mol. The van der Waals surface area contributed by atoms with Crippen LogP contribution in [0.2, 0.25) is 0 Å². The third kappa shape index (κ3) is 7.82. The van der Waals surface area contributed by atoms with Gasteiger partial charge in [-0.2, -0.15) is 0 Å². The van der Waals surface area contributed by atoms with Gasteiger partial charge in [0.2, 0.25) is 11.8 Å². The van der Waals surface area contributed by atoms with E-state index in [1.807, 2.05) is 26.8 Å². The fourth-order valence-electron chi connectivity index (χ4n) is 4.15. The number of amides is 2. The Kier molecular flexibility index (Phi) is 9.49. The van der Waals surface area contributed by atoms with Crippen molar-refractivity contribution in [2.24, 2.45) is 5.73 Å². The molecule has 8 heteroatoms. The monoisotopic (exact) mass is 502 g/mol. The van der Waals surface area contributed by atoms with Gasteiger partial charge in [-0.3, -0.25) is 9.59 Å². The summed E-state index contributed by atoms with van der Waals surface area (Å²) in [5.74, 6) is -0.474. The highest BCUT2D eigenvalue weighted by Gasteiger charge is 2.24. The Morgan fingerprint density at radius 3 is 2.31 bits per heavy atom. The summed E-state index contributed by atoms with van der Waals surface area (Å²) in [6, 6.07) is 9.93. The third-order valence-corrected chi connectivity index (χ3v) is 7.16. The lowest BCUT2D eigenvalue weighted by molar-refractivity contribution is -0.116. The number of methoxy groups -OCH3 is 1. The molecule has 35 heavy (non-hydrogen) atoms. The van der Waals surface area contributed by atoms with Crippen LogP contribution in [0.25, 0.3) is 0 Å². The molecule has 192 valence electrons. The van der Waals surface area contributed by atoms with Gasteiger partial charge in [-0.05, 0) is 53.1 Å². The quantitative estimate of drug-likeness (QED) is 0.410. The minimum absolute atomic E-state index is 0.164. The topological polar surface area (TPSA) is 116 Å². The fraction of sp³-hybridized carbons (Fsp3) is 0.481. The SMILES string of the molecule is CCCCCC(CC(=O)Nc1cc(C(N)=O)ccc1C(C)(C)C)c1ccc(S(C)(=O)=O)cc1OC. The van der Waals surface area contributed by atoms with Crippen molar-refractivity contribution in [3.8, 4) is 5.75 Å². The Balaban J connectivity index is 2.40. The predicted molar refractivity (Wildman–Crippen MR) is 140 cm³/mol. The number of carbonyl (C=O) groups is 2. The molecule has 3 N–H and O–H groups in total. The smallest absolute Gasteiger partial charge is 0.248 e. The largest absolute Gasteiger partial charge is 0.496 e. The van der Waals surface area contributed by atoms with Gasteiger partial charge in [0.1, 0.15) is 5.75 Å². The minimum atomic E-state index is -3.39. The van der Waals surface area contributed by atoms with Gasteiger partial charge in [0.15, 0.2) is 9.84 Å². The number of carbonyl (C=O) groups excluding carboxylic acids is 2. The molecule has 0 bridgehead atoms. The van der Waals surface area contributed by atoms with Crippen molar-refractivity contribution in [3.05, 3.63) is 53.1 Å². The summed E-state index contributed by atoms with van der Waals surface area (Å²) in [5.41, 5.74) is 7.79. The average Bonchev–Trinajstić information content (AvgIpc) is 2.76. The predicted octanol–water partition coefficient (Wildman–Crippen LogP) is 5.19. The van der Waals surface area contributed by atoms with Crippen LogP contribution in [0.1, 0.15) is 87.2 Å². The zero-order valence-corrected chi connectivity index (χ0v) is 22.4. The van der Waals surface area contributed by atoms with E-state index < -0.39 is 15.7 Å². The number of rotatable bonds is 11. The molecule has 0 spiro atoms. The maximum Gasteiger partial charge on any atom is 0.248 e. The molecule has 1 atom stereocenters. The first kappa shape index (κ1) is 28.4. The number of unbranched alkanes of at least 4 members (excludes halogenated alkanes) is 2. The molecule has 0 aliphatic heterocycles. The van der Waals surface area contributed by atoms with E-state index in [2.05, 4.69) is 12.2 Å². The van der Waals surface area contributed by atoms with Crippen molar-refractivity contribution < 1.29 is 22.7 Å². The van der Waals surface area contributed by atoms with E-state index in [1.165, 1.54) is 13.2 Å². The molecule has 1 unspecified atom stereocenters. The van der Waals surface area contributed by atoms with Gasteiger partial charge in [-0.25, -0.2) is 8.42 Å². The number of sulfone groups is 1. The molecule has 0 aliphatic carbocycles. The second-order valence-electron chi connectivity index (χ2n) is 10.00. The van der Waals surface area contributed by atoms with E-state index >= 15 is 0 Å². The third-order valence-electron chi connectivity index (χ3n) is 6.05. The average molecular weight is 503 g/mol. The number of ether oxygens (including phenoxy) is 1. The normalized spacial score (nSPS) is 12.7. The minimum Gasteiger partial charge on any atom is -0.496 e. The maximum absolute atomic E-state index is 13.3. The second kappa shape index (κ2) is 11.7. The number of primary amides is 1. The number of nitrogens with one attached hydrogen (secondary N) is 1. The first-order valence-electron chi connectivity index (χ1n) is 11.9. The van der Waals surface area contributed by atoms with Crippen LogP contribution in [-0.4, -0.2) is 33.6 Å². The van der Waals surface area contributed by atoms with Crippen molar-refractivity contribution in [3.63, 3.8) is 0 Å². The first-order chi connectivity index (χ1) is 16.3. The zero-order chi connectivity index (χ0) is 26.4. The van der Waals surface area contributed by atoms with Crippen LogP contribution in [0.3, 0.4) is 0 Å². The molecule has 0 saturated carbocycles. The van der Waals surface area contributed by atoms with E-state index in [4.69, 9.17) is 10.5 Å². The first-order valence-corrected chi connectivity index (χ1v) is 13.8. The number of hydrogen-bond acceptors (Lipinski definition) is 5. The van der Waals surface area contributed by atoms with Crippen molar-refractivity contribution in [2.45, 2.75) is 76.0 Å². The molecule has 0 aromatic heterocycles. The molecule has 7 nitrogen and oxygen atoms in total. The van der Waals surface area contributed by atoms with Gasteiger partial charge in [0.25, 0.3) is 0 Å². The molecule has 0 saturated heterocycles. The Bertz CT molecular complexity index is 1170. The highest BCUT2D eigenvalue weighted by molar-refractivity contribution is 7.90. The Morgan fingerprint density at radius 2 is 1.77 bits per heavy atom. The summed E-state index contributed by atoms with van der Waals surface area (Å²) in [7, 11) is -1.89. The Morgan fingerprint density at radius 1 is 1.09 bits per heavy atom. The molecule has 0 radical (unpaired) electrons. The van der Waals surface area contributed by atoms with Crippen LogP contribution >= 0.6 is 0 Å². The molecule has 2 rings (SSSR count). The Labute approximate surface area is 209 Å². The van der Waals surface area contributed by atoms with E-state index in [-0.39, 0.29) is 28.6 Å². The van der Waals surface area contributed by atoms with Crippen molar-refractivity contribution in [1.82, 2.24) is 0 Å². The molecule has 0 heterocycles. The maximum atomic E-state index is 13.3. The molecule has 2 aromatic rings. The summed E-state index contributed by atoms with van der Waals surface area (Å²) >= 11 is 0. The van der Waals surface area contributed by atoms with Crippen LogP contribution in [0.5, 0.6) is 5.75 Å². The molecular formula is C27H38N2O5S. The molecule has 2 amide bonds. The van der Waals surface area contributed by atoms with Gasteiger partial charge >= 0.3 is 0 Å². The lowest BCUT2D eigenvalue weighted by Gasteiger charge is -2.25. The van der Waals surface area contributed by atoms with Crippen molar-refractivity contribution in [1.29, 1.82) is 0 Å². The standard InChI is InChI=1S/C27H38N2O5S/c1-7-8-9-10-18(21-13-12-20(35(6,32)33)17-24(21)34-5)16-25(30)29-23-15-19(26(28)31)11-14-22(23)27(2,3)4/h11-15,17-18H,7-10,16H2,1-6H3,(H2,28,31)(H,29,30). The Hall–Kier alpha value is -2.87. The van der Waals surface area contributed by atoms with Gasteiger partial charge in [0.05, 0.1) is 12.0 Å². The molecule has 2 aromatic carbocycles. The van der Waals surface area contributed by atoms with Gasteiger partial charge in [0, 0.05) is 23.9 Å².